The third-order valence-electron chi connectivity index (χ3n) is 5.70. The first-order valence-electron chi connectivity index (χ1n) is 12.4. The molecule has 4 aromatic rings. The molecule has 4 nitrogen and oxygen atoms in total. The molecule has 0 aliphatic carbocycles. The number of rotatable bonds is 2. The van der Waals surface area contributed by atoms with Gasteiger partial charge in [0.1, 0.15) is 23.3 Å². The molecule has 0 spiro atoms. The molecule has 0 fully saturated rings. The number of nitriles is 2. The van der Waals surface area contributed by atoms with Crippen molar-refractivity contribution in [3.05, 3.63) is 122 Å². The fourth-order valence-electron chi connectivity index (χ4n) is 3.75. The van der Waals surface area contributed by atoms with Gasteiger partial charge in [-0.15, -0.1) is 0 Å². The van der Waals surface area contributed by atoms with Gasteiger partial charge in [-0.3, -0.25) is 0 Å². The number of benzene rings is 4. The summed E-state index contributed by atoms with van der Waals surface area (Å²) in [6, 6.07) is 12.5. The van der Waals surface area contributed by atoms with Crippen LogP contribution in [0.25, 0.3) is 11.1 Å². The highest BCUT2D eigenvalue weighted by molar-refractivity contribution is 9.10. The first-order chi connectivity index (χ1) is 21.2. The second-order valence-corrected chi connectivity index (χ2v) is 10.2. The predicted octanol–water partition coefficient (Wildman–Crippen LogP) is 8.12. The van der Waals surface area contributed by atoms with Crippen LogP contribution in [0.5, 0.6) is 0 Å². The molecule has 4 aromatic carbocycles. The van der Waals surface area contributed by atoms with Crippen molar-refractivity contribution < 1.29 is 54.0 Å². The van der Waals surface area contributed by atoms with E-state index in [9.17, 15) is 43.9 Å². The van der Waals surface area contributed by atoms with E-state index < -0.39 is 59.4 Å². The summed E-state index contributed by atoms with van der Waals surface area (Å²) in [5.74, 6) is -3.68. The number of nitrogens with zero attached hydrogens (tertiary/aromatic N) is 2. The Morgan fingerprint density at radius 3 is 1.39 bits per heavy atom. The van der Waals surface area contributed by atoms with Gasteiger partial charge in [0, 0.05) is 0 Å². The van der Waals surface area contributed by atoms with Gasteiger partial charge in [0.05, 0.1) is 44.4 Å². The Balaban J connectivity index is 0.000000256. The molecule has 0 atom stereocenters. The van der Waals surface area contributed by atoms with Crippen molar-refractivity contribution in [2.75, 3.05) is 0 Å². The van der Waals surface area contributed by atoms with Crippen molar-refractivity contribution >= 4 is 28.5 Å². The largest absolute Gasteiger partial charge is 0.488 e. The SMILES string of the molecule is Cc1cc(-c2c(F)cc(C#N)cc2F)cc(C(F)(F)F)c1.Cc1cc(B(O)O)cc(C(F)(F)F)c1.N#Cc1cc(F)c(Br)c(F)c1. The lowest BCUT2D eigenvalue weighted by Gasteiger charge is -2.12. The van der Waals surface area contributed by atoms with Crippen LogP contribution >= 0.6 is 15.9 Å². The van der Waals surface area contributed by atoms with E-state index in [4.69, 9.17) is 20.6 Å². The summed E-state index contributed by atoms with van der Waals surface area (Å²) in [6.45, 7) is 2.86. The van der Waals surface area contributed by atoms with Crippen molar-refractivity contribution in [1.29, 1.82) is 10.5 Å². The molecule has 0 aliphatic heterocycles. The van der Waals surface area contributed by atoms with Crippen LogP contribution in [0.4, 0.5) is 43.9 Å². The van der Waals surface area contributed by atoms with Crippen LogP contribution < -0.4 is 5.46 Å². The summed E-state index contributed by atoms with van der Waals surface area (Å²) in [4.78, 5) is 0. The van der Waals surface area contributed by atoms with Crippen LogP contribution in [0, 0.1) is 59.8 Å². The van der Waals surface area contributed by atoms with Crippen LogP contribution in [0.1, 0.15) is 33.4 Å². The molecule has 0 unspecified atom stereocenters. The fourth-order valence-corrected chi connectivity index (χ4v) is 3.98. The van der Waals surface area contributed by atoms with Gasteiger partial charge in [0.15, 0.2) is 0 Å². The topological polar surface area (TPSA) is 88.0 Å². The minimum absolute atomic E-state index is 0.0248. The van der Waals surface area contributed by atoms with Gasteiger partial charge in [0.25, 0.3) is 0 Å². The van der Waals surface area contributed by atoms with Crippen molar-refractivity contribution in [1.82, 2.24) is 0 Å². The Labute approximate surface area is 264 Å². The molecule has 0 bridgehead atoms. The molecule has 0 radical (unpaired) electrons. The smallest absolute Gasteiger partial charge is 0.423 e. The molecule has 46 heavy (non-hydrogen) atoms. The Morgan fingerprint density at radius 2 is 1.00 bits per heavy atom. The number of hydrogen-bond acceptors (Lipinski definition) is 4. The maximum absolute atomic E-state index is 13.9. The zero-order valence-corrected chi connectivity index (χ0v) is 24.9. The standard InChI is InChI=1S/C15H8F5N.C8H8BF3O2.C7H2BrF2N/c1-8-2-10(6-11(3-8)15(18,19)20)14-12(16)4-9(7-21)5-13(14)17;1-5-2-6(8(10,11)12)4-7(3-5)9(13)14;8-7-5(9)1-4(3-11)2-6(7)10/h2-6H,1H3;2-4,13-14H,1H3;1-2H. The monoisotopic (exact) mass is 718 g/mol. The van der Waals surface area contributed by atoms with Gasteiger partial charge in [-0.25, -0.2) is 17.6 Å². The number of halogens is 11. The number of alkyl halides is 6. The van der Waals surface area contributed by atoms with E-state index in [0.717, 1.165) is 42.5 Å². The highest BCUT2D eigenvalue weighted by Gasteiger charge is 2.32. The molecule has 2 N–H and O–H groups in total. The van der Waals surface area contributed by atoms with Crippen molar-refractivity contribution in [2.24, 2.45) is 0 Å². The molecular formula is C30H18BBrF10N2O2. The average molecular weight is 719 g/mol. The molecule has 240 valence electrons. The lowest BCUT2D eigenvalue weighted by Crippen LogP contribution is -2.31. The molecule has 0 saturated heterocycles. The van der Waals surface area contributed by atoms with Gasteiger partial charge in [0.2, 0.25) is 0 Å². The molecule has 0 aromatic heterocycles. The van der Waals surface area contributed by atoms with E-state index in [0.29, 0.717) is 11.6 Å². The molecule has 0 saturated carbocycles. The Morgan fingerprint density at radius 1 is 0.609 bits per heavy atom. The van der Waals surface area contributed by atoms with Gasteiger partial charge in [-0.05, 0) is 88.8 Å². The minimum Gasteiger partial charge on any atom is -0.423 e. The minimum atomic E-state index is -4.61. The summed E-state index contributed by atoms with van der Waals surface area (Å²) in [5.41, 5.74) is -2.52. The highest BCUT2D eigenvalue weighted by Crippen LogP contribution is 2.35. The van der Waals surface area contributed by atoms with Crippen LogP contribution in [-0.4, -0.2) is 17.2 Å². The molecule has 0 aliphatic rings. The van der Waals surface area contributed by atoms with Crippen LogP contribution in [-0.2, 0) is 12.4 Å². The van der Waals surface area contributed by atoms with E-state index in [1.807, 2.05) is 0 Å². The summed E-state index contributed by atoms with van der Waals surface area (Å²) >= 11 is 2.68. The lowest BCUT2D eigenvalue weighted by atomic mass is 9.78. The first kappa shape index (κ1) is 37.8. The maximum Gasteiger partial charge on any atom is 0.488 e. The molecule has 16 heteroatoms. The second-order valence-electron chi connectivity index (χ2n) is 9.38. The van der Waals surface area contributed by atoms with Gasteiger partial charge in [-0.2, -0.15) is 36.9 Å². The zero-order valence-electron chi connectivity index (χ0n) is 23.3. The van der Waals surface area contributed by atoms with E-state index in [1.165, 1.54) is 26.0 Å². The van der Waals surface area contributed by atoms with Crippen LogP contribution in [0.3, 0.4) is 0 Å². The number of hydrogen-bond donors (Lipinski definition) is 2. The van der Waals surface area contributed by atoms with Gasteiger partial charge >= 0.3 is 19.5 Å². The summed E-state index contributed by atoms with van der Waals surface area (Å²) in [7, 11) is -1.88. The molecule has 4 rings (SSSR count). The van der Waals surface area contributed by atoms with Crippen molar-refractivity contribution in [3.8, 4) is 23.3 Å². The van der Waals surface area contributed by atoms with Gasteiger partial charge < -0.3 is 10.0 Å². The van der Waals surface area contributed by atoms with Crippen molar-refractivity contribution in [3.63, 3.8) is 0 Å². The fraction of sp³-hybridized carbons (Fsp3) is 0.133. The average Bonchev–Trinajstić information content (AvgIpc) is 2.94. The molecule has 0 heterocycles. The third kappa shape index (κ3) is 10.3. The lowest BCUT2D eigenvalue weighted by molar-refractivity contribution is -0.138. The van der Waals surface area contributed by atoms with Crippen molar-refractivity contribution in [2.45, 2.75) is 26.2 Å². The Bertz CT molecular complexity index is 1770. The van der Waals surface area contributed by atoms with Crippen LogP contribution in [0.15, 0.2) is 65.1 Å². The van der Waals surface area contributed by atoms with E-state index in [2.05, 4.69) is 15.9 Å². The van der Waals surface area contributed by atoms with E-state index in [-0.39, 0.29) is 32.2 Å². The number of aryl methyl sites for hydroxylation is 2. The van der Waals surface area contributed by atoms with Gasteiger partial charge in [-0.1, -0.05) is 23.8 Å². The normalized spacial score (nSPS) is 10.9. The van der Waals surface area contributed by atoms with E-state index >= 15 is 0 Å². The summed E-state index contributed by atoms with van der Waals surface area (Å²) in [6.07, 6.45) is -9.07. The summed E-state index contributed by atoms with van der Waals surface area (Å²) in [5, 5.41) is 34.3. The Kier molecular flexibility index (Phi) is 12.6. The molecular weight excluding hydrogens is 701 g/mol. The summed E-state index contributed by atoms with van der Waals surface area (Å²) < 4.78 is 128. The van der Waals surface area contributed by atoms with Crippen LogP contribution in [0.2, 0.25) is 0 Å². The quantitative estimate of drug-likeness (QED) is 0.125. The highest BCUT2D eigenvalue weighted by atomic mass is 79.9. The maximum atomic E-state index is 13.9. The zero-order chi connectivity index (χ0) is 35.1. The predicted molar refractivity (Wildman–Crippen MR) is 151 cm³/mol. The Hall–Kier alpha value is -4.38. The first-order valence-corrected chi connectivity index (χ1v) is 13.1. The molecule has 0 amide bonds. The third-order valence-corrected chi connectivity index (χ3v) is 6.46. The second kappa shape index (κ2) is 15.3. The van der Waals surface area contributed by atoms with E-state index in [1.54, 1.807) is 12.1 Å².